The Balaban J connectivity index is 2.56. The van der Waals surface area contributed by atoms with Crippen molar-refractivity contribution in [2.75, 3.05) is 0 Å². The van der Waals surface area contributed by atoms with Crippen molar-refractivity contribution in [3.63, 3.8) is 0 Å². The van der Waals surface area contributed by atoms with E-state index in [0.717, 1.165) is 10.5 Å². The Morgan fingerprint density at radius 2 is 2.00 bits per heavy atom. The van der Waals surface area contributed by atoms with Crippen LogP contribution in [0, 0.1) is 0 Å². The van der Waals surface area contributed by atoms with E-state index in [2.05, 4.69) is 4.40 Å². The van der Waals surface area contributed by atoms with Gasteiger partial charge in [-0.05, 0) is 16.2 Å². The van der Waals surface area contributed by atoms with Crippen molar-refractivity contribution in [3.05, 3.63) is 29.8 Å². The van der Waals surface area contributed by atoms with Crippen LogP contribution >= 0.6 is 10.1 Å². The molecule has 0 bridgehead atoms. The Morgan fingerprint density at radius 3 is 2.75 bits per heavy atom. The number of fused-ring (bicyclic) bond motifs is 1. The Bertz CT molecular complexity index is 404. The lowest BCUT2D eigenvalue weighted by atomic mass is 10.2. The van der Waals surface area contributed by atoms with Crippen LogP contribution < -0.4 is 0 Å². The van der Waals surface area contributed by atoms with Crippen molar-refractivity contribution in [2.45, 2.75) is 4.90 Å². The van der Waals surface area contributed by atoms with Crippen molar-refractivity contribution in [1.29, 1.82) is 0 Å². The Labute approximate surface area is 74.0 Å². The van der Waals surface area contributed by atoms with Gasteiger partial charge in [-0.25, -0.2) is 12.8 Å². The second-order valence-electron chi connectivity index (χ2n) is 2.33. The van der Waals surface area contributed by atoms with Crippen molar-refractivity contribution < 1.29 is 8.42 Å². The second-order valence-corrected chi connectivity index (χ2v) is 6.21. The van der Waals surface area contributed by atoms with Crippen molar-refractivity contribution in [3.8, 4) is 0 Å². The molecule has 2 rings (SSSR count). The topological polar surface area (TPSA) is 46.5 Å². The maximum atomic E-state index is 10.7. The van der Waals surface area contributed by atoms with Gasteiger partial charge in [-0.2, -0.15) is 0 Å². The van der Waals surface area contributed by atoms with Crippen LogP contribution in [0.25, 0.3) is 0 Å². The molecule has 0 aromatic heterocycles. The highest BCUT2D eigenvalue weighted by Crippen LogP contribution is 2.43. The minimum absolute atomic E-state index is 0.851. The molecule has 1 unspecified atom stereocenters. The van der Waals surface area contributed by atoms with E-state index in [1.165, 1.54) is 0 Å². The van der Waals surface area contributed by atoms with Crippen LogP contribution in [0.3, 0.4) is 0 Å². The quantitative estimate of drug-likeness (QED) is 0.524. The fourth-order valence-electron chi connectivity index (χ4n) is 1.09. The third kappa shape index (κ3) is 1.15. The predicted octanol–water partition coefficient (Wildman–Crippen LogP) is 0.921. The van der Waals surface area contributed by atoms with Gasteiger partial charge >= 0.3 is 0 Å². The summed E-state index contributed by atoms with van der Waals surface area (Å²) in [5, 5.41) is 0. The Hall–Kier alpha value is -0.810. The largest absolute Gasteiger partial charge is 0.230 e. The van der Waals surface area contributed by atoms with Crippen LogP contribution in [0.15, 0.2) is 33.6 Å². The Morgan fingerprint density at radius 1 is 1.25 bits per heavy atom. The summed E-state index contributed by atoms with van der Waals surface area (Å²) in [7, 11) is -3.72. The molecule has 1 aliphatic rings. The van der Waals surface area contributed by atoms with E-state index in [1.54, 1.807) is 6.21 Å². The lowest BCUT2D eigenvalue weighted by Gasteiger charge is -2.03. The minimum Gasteiger partial charge on any atom is -0.230 e. The average Bonchev–Trinajstić information content (AvgIpc) is 2.47. The lowest BCUT2D eigenvalue weighted by Crippen LogP contribution is -1.80. The van der Waals surface area contributed by atoms with E-state index in [1.807, 2.05) is 24.3 Å². The van der Waals surface area contributed by atoms with Gasteiger partial charge in [0.05, 0.1) is 0 Å². The van der Waals surface area contributed by atoms with Gasteiger partial charge in [0.15, 0.2) is 9.74 Å². The molecule has 1 aromatic rings. The zero-order chi connectivity index (χ0) is 8.55. The average molecular weight is 201 g/mol. The lowest BCUT2D eigenvalue weighted by molar-refractivity contribution is 0.626. The molecule has 1 aromatic carbocycles. The molecule has 0 radical (unpaired) electrons. The summed E-state index contributed by atoms with van der Waals surface area (Å²) in [4.78, 5) is 0.851. The van der Waals surface area contributed by atoms with Gasteiger partial charge in [-0.15, -0.1) is 0 Å². The first-order valence-corrected chi connectivity index (χ1v) is 6.54. The smallest absolute Gasteiger partial charge is 0.193 e. The molecule has 0 aliphatic carbocycles. The number of hydrogen-bond acceptors (Lipinski definition) is 3. The molecule has 12 heavy (non-hydrogen) atoms. The fourth-order valence-corrected chi connectivity index (χ4v) is 3.77. The summed E-state index contributed by atoms with van der Waals surface area (Å²) < 4.78 is 25.4. The van der Waals surface area contributed by atoms with E-state index in [0.29, 0.717) is 0 Å². The number of nitrogens with zero attached hydrogens (tertiary/aromatic N) is 1. The molecular weight excluding hydrogens is 194 g/mol. The number of hydrogen-bond donors (Lipinski definition) is 2. The van der Waals surface area contributed by atoms with Crippen LogP contribution in [-0.2, 0) is 9.74 Å². The highest BCUT2D eigenvalue weighted by Gasteiger charge is 2.15. The van der Waals surface area contributed by atoms with Crippen LogP contribution in [0.2, 0.25) is 0 Å². The molecule has 5 heteroatoms. The maximum Gasteiger partial charge on any atom is 0.193 e. The zero-order valence-corrected chi connectivity index (χ0v) is 7.83. The van der Waals surface area contributed by atoms with E-state index < -0.39 is 19.8 Å². The molecule has 0 saturated heterocycles. The van der Waals surface area contributed by atoms with Crippen LogP contribution in [0.1, 0.15) is 5.56 Å². The first kappa shape index (κ1) is 7.82. The maximum absolute atomic E-state index is 10.7. The van der Waals surface area contributed by atoms with Crippen molar-refractivity contribution in [2.24, 2.45) is 4.40 Å². The predicted molar refractivity (Wildman–Crippen MR) is 51.6 cm³/mol. The van der Waals surface area contributed by atoms with E-state index in [4.69, 9.17) is 0 Å². The SMILES string of the molecule is O=[SH](=O)[SH]1N=Cc2ccccc21. The molecule has 0 spiro atoms. The molecule has 1 aliphatic heterocycles. The monoisotopic (exact) mass is 201 g/mol. The summed E-state index contributed by atoms with van der Waals surface area (Å²) in [5.74, 6) is 0. The summed E-state index contributed by atoms with van der Waals surface area (Å²) in [6.45, 7) is 0. The van der Waals surface area contributed by atoms with E-state index in [9.17, 15) is 8.42 Å². The van der Waals surface area contributed by atoms with Crippen molar-refractivity contribution in [1.82, 2.24) is 0 Å². The molecule has 0 saturated carbocycles. The van der Waals surface area contributed by atoms with Gasteiger partial charge in [-0.3, -0.25) is 0 Å². The second kappa shape index (κ2) is 2.91. The highest BCUT2D eigenvalue weighted by molar-refractivity contribution is 8.73. The van der Waals surface area contributed by atoms with Crippen LogP contribution in [-0.4, -0.2) is 14.6 Å². The van der Waals surface area contributed by atoms with Crippen LogP contribution in [0.4, 0.5) is 0 Å². The van der Waals surface area contributed by atoms with Gasteiger partial charge in [0.25, 0.3) is 0 Å². The van der Waals surface area contributed by atoms with E-state index in [-0.39, 0.29) is 0 Å². The number of thiol groups is 2. The summed E-state index contributed by atoms with van der Waals surface area (Å²) in [6, 6.07) is 7.41. The summed E-state index contributed by atoms with van der Waals surface area (Å²) >= 11 is 0. The molecule has 1 atom stereocenters. The molecule has 0 amide bonds. The van der Waals surface area contributed by atoms with Gasteiger partial charge in [0.1, 0.15) is 0 Å². The summed E-state index contributed by atoms with van der Waals surface area (Å²) in [5.41, 5.74) is 0.933. The van der Waals surface area contributed by atoms with Crippen molar-refractivity contribution >= 4 is 26.1 Å². The van der Waals surface area contributed by atoms with Gasteiger partial charge in [-0.1, -0.05) is 18.2 Å². The fraction of sp³-hybridized carbons (Fsp3) is 0. The third-order valence-corrected chi connectivity index (χ3v) is 4.98. The molecule has 0 N–H and O–H groups in total. The number of rotatable bonds is 1. The Kier molecular flexibility index (Phi) is 1.90. The van der Waals surface area contributed by atoms with Gasteiger partial charge in [0, 0.05) is 16.7 Å². The molecule has 0 fully saturated rings. The van der Waals surface area contributed by atoms with E-state index >= 15 is 0 Å². The first-order chi connectivity index (χ1) is 5.79. The summed E-state index contributed by atoms with van der Waals surface area (Å²) in [6.07, 6.45) is 1.63. The molecule has 64 valence electrons. The zero-order valence-electron chi connectivity index (χ0n) is 6.04. The molecular formula is C7H7NO2S2. The number of benzene rings is 1. The molecule has 1 heterocycles. The standard InChI is InChI=1S/C7H7NO2S2/c9-12(10)11-7-4-2-1-3-6(7)5-8-11/h1-5,11-12H. The minimum atomic E-state index is -2.42. The van der Waals surface area contributed by atoms with Crippen LogP contribution in [0.5, 0.6) is 0 Å². The third-order valence-electron chi connectivity index (χ3n) is 1.61. The first-order valence-electron chi connectivity index (χ1n) is 3.36. The highest BCUT2D eigenvalue weighted by atomic mass is 33.1. The van der Waals surface area contributed by atoms with Gasteiger partial charge < -0.3 is 0 Å². The normalized spacial score (nSPS) is 22.9. The molecule has 3 nitrogen and oxygen atoms in total. The van der Waals surface area contributed by atoms with Gasteiger partial charge in [0.2, 0.25) is 0 Å².